The van der Waals surface area contributed by atoms with Crippen molar-refractivity contribution in [1.82, 2.24) is 52.8 Å². The molecule has 1 aromatic heterocycles. The summed E-state index contributed by atoms with van der Waals surface area (Å²) in [6.07, 6.45) is -1.07. The Morgan fingerprint density at radius 1 is 0.566 bits per heavy atom. The first kappa shape index (κ1) is 71.1. The molecule has 0 spiro atoms. The van der Waals surface area contributed by atoms with Gasteiger partial charge in [-0.15, -0.1) is 0 Å². The average molecular weight is 1180 g/mol. The number of para-hydroxylation sites is 1. The number of unbranched alkanes of at least 4 members (excludes halogenated alkanes) is 1. The van der Waals surface area contributed by atoms with E-state index in [0.717, 1.165) is 6.92 Å². The molecule has 10 atom stereocenters. The summed E-state index contributed by atoms with van der Waals surface area (Å²) in [6, 6.07) is -6.95. The van der Waals surface area contributed by atoms with Crippen molar-refractivity contribution in [2.75, 3.05) is 32.8 Å². The van der Waals surface area contributed by atoms with Crippen molar-refractivity contribution < 1.29 is 78.3 Å². The molecule has 464 valence electrons. The molecule has 2 aromatic rings. The van der Waals surface area contributed by atoms with E-state index in [-0.39, 0.29) is 69.4 Å². The van der Waals surface area contributed by atoms with Gasteiger partial charge in [-0.3, -0.25) is 57.7 Å². The predicted molar refractivity (Wildman–Crippen MR) is 301 cm³/mol. The fraction of sp³-hybridized carbons (Fsp3) is 0.615. The maximum Gasteiger partial charge on any atom is 0.322 e. The van der Waals surface area contributed by atoms with Gasteiger partial charge in [0.1, 0.15) is 54.9 Å². The number of aliphatic carboxylic acids is 2. The number of nitrogens with zero attached hydrogens (tertiary/aromatic N) is 1. The van der Waals surface area contributed by atoms with Crippen LogP contribution in [0.3, 0.4) is 0 Å². The quantitative estimate of drug-likeness (QED) is 0.0169. The number of aliphatic hydroxyl groups is 3. The summed E-state index contributed by atoms with van der Waals surface area (Å²) < 4.78 is 0. The number of benzene rings is 1. The summed E-state index contributed by atoms with van der Waals surface area (Å²) in [4.78, 5) is 153. The number of aliphatic hydroxyl groups excluding tert-OH is 3. The summed E-state index contributed by atoms with van der Waals surface area (Å²) >= 11 is 0. The molecule has 23 N–H and O–H groups in total. The largest absolute Gasteiger partial charge is 0.481 e. The minimum atomic E-state index is -1.85. The summed E-state index contributed by atoms with van der Waals surface area (Å²) in [6.45, 7) is 5.58. The molecule has 1 heterocycles. The Hall–Kier alpha value is -8.00. The van der Waals surface area contributed by atoms with Crippen molar-refractivity contribution in [2.24, 2.45) is 39.8 Å². The molecule has 0 aliphatic heterocycles. The molecular formula is C52H85N15O16. The third kappa shape index (κ3) is 25.8. The smallest absolute Gasteiger partial charge is 0.322 e. The third-order valence-electron chi connectivity index (χ3n) is 12.7. The van der Waals surface area contributed by atoms with Gasteiger partial charge >= 0.3 is 11.9 Å². The number of carboxylic acid groups (broad SMARTS) is 2. The monoisotopic (exact) mass is 1180 g/mol. The molecule has 0 saturated carbocycles. The number of guanidine groups is 1. The van der Waals surface area contributed by atoms with Crippen LogP contribution < -0.4 is 70.8 Å². The van der Waals surface area contributed by atoms with E-state index in [9.17, 15) is 73.2 Å². The number of hydrogen-bond donors (Lipinski definition) is 19. The Bertz CT molecular complexity index is 2540. The number of carboxylic acids is 2. The van der Waals surface area contributed by atoms with Gasteiger partial charge in [0, 0.05) is 36.5 Å². The van der Waals surface area contributed by atoms with Gasteiger partial charge in [0.05, 0.1) is 25.4 Å². The van der Waals surface area contributed by atoms with Crippen LogP contribution in [-0.4, -0.2) is 195 Å². The van der Waals surface area contributed by atoms with E-state index in [2.05, 4.69) is 52.5 Å². The standard InChI is InChI=1S/C52H85N15O16/c1-26(2)19-31(54)43(75)63-36(20-27(3)4)49(81)67-42(28(5)70)51(83)62-35(15-16-40(71)72)47(79)60-33(13-8-9-17-53)46(78)66-39(25-69)50(82)61-34(14-10-18-57-52(55)56)45(77)64-37(21-29-22-58-32-12-7-6-11-30(29)32)48(80)65-38(24-68)44(76)59-23-41(73)74/h6-7,11-12,22,26-28,31,33-39,42,58,68-70H,8-10,13-21,23-25,53-54H2,1-5H3,(H,59,76)(H,60,79)(H,61,82)(H,62,83)(H,63,75)(H,64,77)(H,65,80)(H,66,78)(H,67,81)(H,71,72)(H,73,74)(H4,55,56,57)/t28-,31+,33+,34+,35+,36+,37+,38+,39+,42+/m1/s1. The lowest BCUT2D eigenvalue weighted by atomic mass is 10.00. The summed E-state index contributed by atoms with van der Waals surface area (Å²) in [7, 11) is 0. The number of nitrogens with two attached hydrogens (primary N) is 4. The minimum absolute atomic E-state index is 0.0197. The number of aromatic amines is 1. The van der Waals surface area contributed by atoms with Crippen LogP contribution in [0, 0.1) is 11.8 Å². The zero-order valence-electron chi connectivity index (χ0n) is 47.4. The first-order valence-electron chi connectivity index (χ1n) is 27.2. The average Bonchev–Trinajstić information content (AvgIpc) is 4.02. The number of carbonyl (C=O) groups excluding carboxylic acids is 9. The number of aliphatic imine (C=N–C) groups is 1. The molecule has 31 nitrogen and oxygen atoms in total. The molecule has 0 fully saturated rings. The summed E-state index contributed by atoms with van der Waals surface area (Å²) in [5, 5.41) is 71.9. The Kier molecular flexibility index (Phi) is 31.2. The first-order chi connectivity index (χ1) is 39.1. The highest BCUT2D eigenvalue weighted by atomic mass is 16.4. The molecule has 31 heteroatoms. The van der Waals surface area contributed by atoms with Crippen LogP contribution in [0.2, 0.25) is 0 Å². The van der Waals surface area contributed by atoms with Crippen LogP contribution in [0.15, 0.2) is 35.5 Å². The van der Waals surface area contributed by atoms with E-state index in [4.69, 9.17) is 28.0 Å². The summed E-state index contributed by atoms with van der Waals surface area (Å²) in [5.74, 6) is -12.3. The van der Waals surface area contributed by atoms with Crippen molar-refractivity contribution in [2.45, 2.75) is 159 Å². The van der Waals surface area contributed by atoms with Gasteiger partial charge in [0.15, 0.2) is 5.96 Å². The lowest BCUT2D eigenvalue weighted by Gasteiger charge is -2.29. The molecule has 0 aliphatic carbocycles. The molecule has 0 aliphatic rings. The van der Waals surface area contributed by atoms with Gasteiger partial charge in [0.2, 0.25) is 53.2 Å². The van der Waals surface area contributed by atoms with Crippen molar-refractivity contribution in [1.29, 1.82) is 0 Å². The molecule has 9 amide bonds. The number of H-pyrrole nitrogens is 1. The highest BCUT2D eigenvalue weighted by molar-refractivity contribution is 5.99. The van der Waals surface area contributed by atoms with E-state index < -0.39 is 158 Å². The first-order valence-corrected chi connectivity index (χ1v) is 27.2. The molecule has 1 aromatic carbocycles. The van der Waals surface area contributed by atoms with E-state index in [1.165, 1.54) is 0 Å². The highest BCUT2D eigenvalue weighted by Crippen LogP contribution is 2.20. The highest BCUT2D eigenvalue weighted by Gasteiger charge is 2.37. The Morgan fingerprint density at radius 3 is 1.58 bits per heavy atom. The fourth-order valence-electron chi connectivity index (χ4n) is 8.35. The lowest BCUT2D eigenvalue weighted by molar-refractivity contribution is -0.139. The zero-order valence-corrected chi connectivity index (χ0v) is 47.4. The van der Waals surface area contributed by atoms with Crippen LogP contribution in [-0.2, 0) is 59.2 Å². The SMILES string of the molecule is CC(C)C[C@H](NC(=O)[C@@H](N)CC(C)C)C(=O)N[C@H](C(=O)N[C@@H](CCC(=O)O)C(=O)N[C@@H](CCCCN)C(=O)N[C@@H](CO)C(=O)N[C@@H](CCCN=C(N)N)C(=O)N[C@@H](Cc1c[nH]c2ccccc12)C(=O)N[C@@H](CO)C(=O)NCC(=O)O)[C@@H](C)O. The van der Waals surface area contributed by atoms with Crippen molar-refractivity contribution >= 4 is 82.0 Å². The van der Waals surface area contributed by atoms with E-state index in [1.807, 2.05) is 19.2 Å². The molecule has 2 rings (SSSR count). The second-order valence-electron chi connectivity index (χ2n) is 20.7. The summed E-state index contributed by atoms with van der Waals surface area (Å²) in [5.41, 5.74) is 23.9. The van der Waals surface area contributed by atoms with Crippen LogP contribution in [0.1, 0.15) is 98.0 Å². The number of rotatable bonds is 39. The number of carbonyl (C=O) groups is 11. The fourth-order valence-corrected chi connectivity index (χ4v) is 8.35. The second-order valence-corrected chi connectivity index (χ2v) is 20.7. The van der Waals surface area contributed by atoms with Crippen LogP contribution >= 0.6 is 0 Å². The topological polar surface area (TPSA) is 529 Å². The van der Waals surface area contributed by atoms with Crippen LogP contribution in [0.25, 0.3) is 10.9 Å². The second kappa shape index (κ2) is 36.5. The number of hydrogen-bond acceptors (Lipinski definition) is 17. The molecule has 0 radical (unpaired) electrons. The number of nitrogens with one attached hydrogen (secondary N) is 10. The van der Waals surface area contributed by atoms with Gasteiger partial charge in [0.25, 0.3) is 0 Å². The molecule has 83 heavy (non-hydrogen) atoms. The number of fused-ring (bicyclic) bond motifs is 1. The van der Waals surface area contributed by atoms with Gasteiger partial charge < -0.3 is 101 Å². The predicted octanol–water partition coefficient (Wildman–Crippen LogP) is -5.38. The third-order valence-corrected chi connectivity index (χ3v) is 12.7. The number of amides is 9. The molecular weight excluding hydrogens is 1090 g/mol. The Labute approximate surface area is 479 Å². The van der Waals surface area contributed by atoms with Crippen molar-refractivity contribution in [3.05, 3.63) is 36.0 Å². The van der Waals surface area contributed by atoms with E-state index >= 15 is 0 Å². The zero-order chi connectivity index (χ0) is 62.5. The lowest BCUT2D eigenvalue weighted by Crippen LogP contribution is -2.62. The molecule has 0 unspecified atom stereocenters. The van der Waals surface area contributed by atoms with Gasteiger partial charge in [-0.25, -0.2) is 0 Å². The van der Waals surface area contributed by atoms with Crippen molar-refractivity contribution in [3.63, 3.8) is 0 Å². The van der Waals surface area contributed by atoms with Crippen LogP contribution in [0.4, 0.5) is 0 Å². The van der Waals surface area contributed by atoms with Crippen molar-refractivity contribution in [3.8, 4) is 0 Å². The van der Waals surface area contributed by atoms with E-state index in [1.54, 1.807) is 44.3 Å². The Morgan fingerprint density at radius 2 is 1.05 bits per heavy atom. The maximum absolute atomic E-state index is 14.3. The molecule has 0 saturated heterocycles. The molecule has 0 bridgehead atoms. The number of aromatic nitrogens is 1. The van der Waals surface area contributed by atoms with Gasteiger partial charge in [-0.2, -0.15) is 0 Å². The van der Waals surface area contributed by atoms with E-state index in [0.29, 0.717) is 29.3 Å². The Balaban J connectivity index is 2.47. The van der Waals surface area contributed by atoms with Gasteiger partial charge in [-0.1, -0.05) is 45.9 Å². The van der Waals surface area contributed by atoms with Crippen LogP contribution in [0.5, 0.6) is 0 Å². The minimum Gasteiger partial charge on any atom is -0.481 e. The normalized spacial score (nSPS) is 14.8. The maximum atomic E-state index is 14.3. The van der Waals surface area contributed by atoms with Gasteiger partial charge in [-0.05, 0) is 88.3 Å².